The molecule has 154 valence electrons. The number of likely N-dealkylation sites (N-methyl/N-ethyl adjacent to an activating group) is 1. The fourth-order valence-corrected chi connectivity index (χ4v) is 4.10. The zero-order chi connectivity index (χ0) is 17.9. The molecule has 1 saturated carbocycles. The van der Waals surface area contributed by atoms with Crippen LogP contribution >= 0.6 is 24.0 Å². The van der Waals surface area contributed by atoms with Crippen molar-refractivity contribution in [1.29, 1.82) is 0 Å². The molecule has 1 unspecified atom stereocenters. The molecule has 1 aliphatic carbocycles. The Morgan fingerprint density at radius 3 is 2.38 bits per heavy atom. The van der Waals surface area contributed by atoms with Crippen molar-refractivity contribution in [3.63, 3.8) is 0 Å². The van der Waals surface area contributed by atoms with Crippen LogP contribution in [-0.4, -0.2) is 74.2 Å². The van der Waals surface area contributed by atoms with Crippen molar-refractivity contribution in [2.75, 3.05) is 52.4 Å². The van der Waals surface area contributed by atoms with Gasteiger partial charge in [0.05, 0.1) is 6.54 Å². The average molecular weight is 479 g/mol. The molecule has 1 heterocycles. The minimum atomic E-state index is 0. The summed E-state index contributed by atoms with van der Waals surface area (Å²) in [6.07, 6.45) is 8.46. The molecule has 2 fully saturated rings. The highest BCUT2D eigenvalue weighted by molar-refractivity contribution is 14.0. The number of halogens is 1. The van der Waals surface area contributed by atoms with E-state index in [9.17, 15) is 0 Å². The number of guanidine groups is 1. The van der Waals surface area contributed by atoms with E-state index in [1.54, 1.807) is 0 Å². The van der Waals surface area contributed by atoms with E-state index >= 15 is 0 Å². The highest BCUT2D eigenvalue weighted by Crippen LogP contribution is 2.28. The van der Waals surface area contributed by atoms with Crippen molar-refractivity contribution in [3.05, 3.63) is 0 Å². The quantitative estimate of drug-likeness (QED) is 0.231. The molecule has 2 aliphatic rings. The van der Waals surface area contributed by atoms with Crippen LogP contribution < -0.4 is 10.6 Å². The van der Waals surface area contributed by atoms with Gasteiger partial charge in [-0.25, -0.2) is 0 Å². The topological polar surface area (TPSA) is 42.9 Å². The van der Waals surface area contributed by atoms with Crippen LogP contribution in [0.2, 0.25) is 0 Å². The van der Waals surface area contributed by atoms with Gasteiger partial charge in [0.1, 0.15) is 0 Å². The van der Waals surface area contributed by atoms with E-state index in [2.05, 4.69) is 41.2 Å². The lowest BCUT2D eigenvalue weighted by Crippen LogP contribution is -2.50. The molecule has 26 heavy (non-hydrogen) atoms. The first kappa shape index (κ1) is 24.0. The molecule has 1 atom stereocenters. The Labute approximate surface area is 178 Å². The van der Waals surface area contributed by atoms with Crippen LogP contribution in [0.3, 0.4) is 0 Å². The highest BCUT2D eigenvalue weighted by atomic mass is 127. The second-order valence-corrected chi connectivity index (χ2v) is 7.76. The van der Waals surface area contributed by atoms with Gasteiger partial charge in [-0.05, 0) is 39.2 Å². The molecule has 2 rings (SSSR count). The smallest absolute Gasteiger partial charge is 0.191 e. The van der Waals surface area contributed by atoms with Gasteiger partial charge in [-0.2, -0.15) is 0 Å². The molecule has 0 aromatic carbocycles. The minimum Gasteiger partial charge on any atom is -0.357 e. The van der Waals surface area contributed by atoms with Crippen LogP contribution in [0.5, 0.6) is 0 Å². The third-order valence-electron chi connectivity index (χ3n) is 5.89. The Morgan fingerprint density at radius 1 is 1.08 bits per heavy atom. The van der Waals surface area contributed by atoms with Gasteiger partial charge in [-0.3, -0.25) is 9.89 Å². The summed E-state index contributed by atoms with van der Waals surface area (Å²) in [5.74, 6) is 1.98. The van der Waals surface area contributed by atoms with E-state index in [1.165, 1.54) is 71.2 Å². The summed E-state index contributed by atoms with van der Waals surface area (Å²) in [5, 5.41) is 6.93. The summed E-state index contributed by atoms with van der Waals surface area (Å²) in [6, 6.07) is 0.521. The van der Waals surface area contributed by atoms with Crippen LogP contribution in [0.1, 0.15) is 59.3 Å². The first-order valence-electron chi connectivity index (χ1n) is 10.7. The number of hydrogen-bond donors (Lipinski definition) is 2. The van der Waals surface area contributed by atoms with Crippen LogP contribution in [-0.2, 0) is 0 Å². The molecule has 0 aromatic rings. The summed E-state index contributed by atoms with van der Waals surface area (Å²) in [7, 11) is 0. The van der Waals surface area contributed by atoms with Crippen molar-refractivity contribution < 1.29 is 0 Å². The second kappa shape index (κ2) is 14.0. The summed E-state index contributed by atoms with van der Waals surface area (Å²) >= 11 is 0. The summed E-state index contributed by atoms with van der Waals surface area (Å²) in [5.41, 5.74) is 0. The molecule has 0 amide bonds. The van der Waals surface area contributed by atoms with Crippen molar-refractivity contribution in [2.24, 2.45) is 10.9 Å². The third kappa shape index (κ3) is 8.74. The van der Waals surface area contributed by atoms with Gasteiger partial charge < -0.3 is 15.5 Å². The van der Waals surface area contributed by atoms with Crippen molar-refractivity contribution in [3.8, 4) is 0 Å². The van der Waals surface area contributed by atoms with Gasteiger partial charge in [-0.1, -0.05) is 32.6 Å². The van der Waals surface area contributed by atoms with Crippen LogP contribution in [0.25, 0.3) is 0 Å². The van der Waals surface area contributed by atoms with Crippen LogP contribution in [0.4, 0.5) is 0 Å². The third-order valence-corrected chi connectivity index (χ3v) is 5.89. The molecule has 2 N–H and O–H groups in total. The Morgan fingerprint density at radius 2 is 1.77 bits per heavy atom. The number of nitrogens with one attached hydrogen (secondary N) is 2. The lowest BCUT2D eigenvalue weighted by atomic mass is 10.0. The minimum absolute atomic E-state index is 0. The zero-order valence-corrected chi connectivity index (χ0v) is 19.6. The number of aliphatic imine (C=N–C) groups is 1. The lowest BCUT2D eigenvalue weighted by molar-refractivity contribution is 0.109. The molecule has 5 nitrogen and oxygen atoms in total. The van der Waals surface area contributed by atoms with Gasteiger partial charge in [0.15, 0.2) is 5.96 Å². The van der Waals surface area contributed by atoms with Crippen molar-refractivity contribution >= 4 is 29.9 Å². The van der Waals surface area contributed by atoms with Crippen molar-refractivity contribution in [1.82, 2.24) is 20.4 Å². The van der Waals surface area contributed by atoms with E-state index in [-0.39, 0.29) is 24.0 Å². The fourth-order valence-electron chi connectivity index (χ4n) is 4.10. The van der Waals surface area contributed by atoms with E-state index in [4.69, 9.17) is 4.99 Å². The van der Waals surface area contributed by atoms with E-state index in [0.717, 1.165) is 31.5 Å². The Balaban J connectivity index is 0.00000338. The van der Waals surface area contributed by atoms with Crippen LogP contribution in [0.15, 0.2) is 4.99 Å². The van der Waals surface area contributed by atoms with E-state index in [1.807, 2.05) is 0 Å². The maximum absolute atomic E-state index is 4.84. The van der Waals surface area contributed by atoms with Gasteiger partial charge in [0.25, 0.3) is 0 Å². The Kier molecular flexibility index (Phi) is 12.9. The summed E-state index contributed by atoms with van der Waals surface area (Å²) in [6.45, 7) is 15.5. The predicted octanol–water partition coefficient (Wildman–Crippen LogP) is 3.16. The van der Waals surface area contributed by atoms with E-state index in [0.29, 0.717) is 6.04 Å². The first-order chi connectivity index (χ1) is 12.2. The summed E-state index contributed by atoms with van der Waals surface area (Å²) < 4.78 is 0. The van der Waals surface area contributed by atoms with E-state index < -0.39 is 0 Å². The van der Waals surface area contributed by atoms with Gasteiger partial charge >= 0.3 is 0 Å². The number of nitrogens with zero attached hydrogens (tertiary/aromatic N) is 3. The summed E-state index contributed by atoms with van der Waals surface area (Å²) in [4.78, 5) is 9.95. The van der Waals surface area contributed by atoms with Gasteiger partial charge in [0.2, 0.25) is 0 Å². The predicted molar refractivity (Wildman–Crippen MR) is 124 cm³/mol. The molecule has 0 aromatic heterocycles. The number of piperazine rings is 1. The first-order valence-corrected chi connectivity index (χ1v) is 10.7. The SMILES string of the molecule is CCNC(=NCC(C)N1CCN(CC)CC1)NCCCC1CCCC1.I. The largest absolute Gasteiger partial charge is 0.357 e. The average Bonchev–Trinajstić information content (AvgIpc) is 3.16. The molecular formula is C20H42IN5. The van der Waals surface area contributed by atoms with Crippen molar-refractivity contribution in [2.45, 2.75) is 65.3 Å². The zero-order valence-electron chi connectivity index (χ0n) is 17.3. The maximum atomic E-state index is 4.84. The molecule has 0 radical (unpaired) electrons. The lowest BCUT2D eigenvalue weighted by Gasteiger charge is -2.37. The molecule has 1 aliphatic heterocycles. The molecular weight excluding hydrogens is 437 g/mol. The standard InChI is InChI=1S/C20H41N5.HI/c1-4-21-20(22-12-8-11-19-9-6-7-10-19)23-17-18(3)25-15-13-24(5-2)14-16-25;/h18-19H,4-17H2,1-3H3,(H2,21,22,23);1H. The monoisotopic (exact) mass is 479 g/mol. The Bertz CT molecular complexity index is 376. The second-order valence-electron chi connectivity index (χ2n) is 7.76. The molecule has 6 heteroatoms. The highest BCUT2D eigenvalue weighted by Gasteiger charge is 2.20. The molecule has 1 saturated heterocycles. The van der Waals surface area contributed by atoms with Crippen LogP contribution in [0, 0.1) is 5.92 Å². The van der Waals surface area contributed by atoms with Gasteiger partial charge in [0, 0.05) is 45.3 Å². The molecule has 0 spiro atoms. The fraction of sp³-hybridized carbons (Fsp3) is 0.950. The van der Waals surface area contributed by atoms with Gasteiger partial charge in [-0.15, -0.1) is 24.0 Å². The number of rotatable bonds is 9. The Hall–Kier alpha value is -0.0800. The normalized spacial score (nSPS) is 21.4. The maximum Gasteiger partial charge on any atom is 0.191 e. The molecule has 0 bridgehead atoms. The number of hydrogen-bond acceptors (Lipinski definition) is 3.